The molecule has 4 aromatic rings. The smallest absolute Gasteiger partial charge is 0.307 e. The summed E-state index contributed by atoms with van der Waals surface area (Å²) in [4.78, 5) is 33.8. The highest BCUT2D eigenvalue weighted by Crippen LogP contribution is 2.34. The van der Waals surface area contributed by atoms with E-state index in [-0.39, 0.29) is 17.9 Å². The highest BCUT2D eigenvalue weighted by Gasteiger charge is 2.28. The van der Waals surface area contributed by atoms with E-state index in [0.29, 0.717) is 38.3 Å². The van der Waals surface area contributed by atoms with Crippen LogP contribution < -0.4 is 15.4 Å². The van der Waals surface area contributed by atoms with Gasteiger partial charge in [-0.2, -0.15) is 0 Å². The lowest BCUT2D eigenvalue weighted by molar-refractivity contribution is -0.141. The van der Waals surface area contributed by atoms with E-state index in [9.17, 15) is 19.8 Å². The molecule has 1 amide bonds. The zero-order valence-corrected chi connectivity index (χ0v) is 30.7. The normalized spacial score (nSPS) is 17.9. The summed E-state index contributed by atoms with van der Waals surface area (Å²) in [5, 5.41) is 25.6. The summed E-state index contributed by atoms with van der Waals surface area (Å²) in [5.74, 6) is -0.529. The largest absolute Gasteiger partial charge is 0.496 e. The highest BCUT2D eigenvalue weighted by atomic mass is 16.5. The van der Waals surface area contributed by atoms with E-state index in [1.54, 1.807) is 19.4 Å². The van der Waals surface area contributed by atoms with Crippen molar-refractivity contribution in [1.29, 1.82) is 0 Å². The maximum absolute atomic E-state index is 13.5. The molecule has 0 bridgehead atoms. The number of carboxylic acid groups (broad SMARTS) is 1. The van der Waals surface area contributed by atoms with Gasteiger partial charge in [0.25, 0.3) is 5.91 Å². The number of carbonyl (C=O) groups excluding carboxylic acids is 1. The van der Waals surface area contributed by atoms with Crippen molar-refractivity contribution in [1.82, 2.24) is 14.8 Å². The Balaban J connectivity index is 1.18. The van der Waals surface area contributed by atoms with Gasteiger partial charge in [-0.15, -0.1) is 0 Å². The van der Waals surface area contributed by atoms with E-state index in [0.717, 1.165) is 86.7 Å². The van der Waals surface area contributed by atoms with Crippen molar-refractivity contribution in [2.45, 2.75) is 52.8 Å². The number of aromatic nitrogens is 1. The van der Waals surface area contributed by atoms with Crippen molar-refractivity contribution in [3.05, 3.63) is 105 Å². The highest BCUT2D eigenvalue weighted by molar-refractivity contribution is 6.04. The van der Waals surface area contributed by atoms with E-state index in [2.05, 4.69) is 87.8 Å². The first-order valence-electron chi connectivity index (χ1n) is 17.9. The van der Waals surface area contributed by atoms with Crippen LogP contribution >= 0.6 is 0 Å². The van der Waals surface area contributed by atoms with Gasteiger partial charge in [0.05, 0.1) is 19.1 Å². The van der Waals surface area contributed by atoms with Crippen LogP contribution in [0.1, 0.15) is 62.3 Å². The van der Waals surface area contributed by atoms with Gasteiger partial charge in [-0.25, -0.2) is 0 Å². The molecule has 2 aliphatic rings. The number of amides is 1. The summed E-state index contributed by atoms with van der Waals surface area (Å²) < 4.78 is 5.78. The van der Waals surface area contributed by atoms with Crippen molar-refractivity contribution in [3.63, 3.8) is 0 Å². The van der Waals surface area contributed by atoms with Crippen LogP contribution in [0.25, 0.3) is 23.3 Å². The standard InChI is InChI=1S/C42H49N5O5/c1-26-18-32(23-46-16-14-31(22-46)42(50)51)40(52-5)19-30(26)13-12-29-8-6-9-35(27(29)2)36-10-7-11-37(28(36)3)45-41(49)39-20-38(43-4)33(21-44-39)24-47-17-15-34(48)25-47/h6-13,18-21,31,34,48H,14-17,22-25H2,1-5H3,(H,43,44)(H,45,49)(H,50,51)/b13-12+/t31?,34-/m1/s1. The van der Waals surface area contributed by atoms with Crippen molar-refractivity contribution in [3.8, 4) is 16.9 Å². The van der Waals surface area contributed by atoms with Gasteiger partial charge in [-0.05, 0) is 97.3 Å². The molecule has 3 aromatic carbocycles. The number of methoxy groups -OCH3 is 1. The quantitative estimate of drug-likeness (QED) is 0.121. The fraction of sp³-hybridized carbons (Fsp3) is 0.357. The molecular formula is C42H49N5O5. The predicted molar refractivity (Wildman–Crippen MR) is 207 cm³/mol. The van der Waals surface area contributed by atoms with Crippen molar-refractivity contribution in [2.24, 2.45) is 5.92 Å². The maximum atomic E-state index is 13.5. The van der Waals surface area contributed by atoms with Crippen LogP contribution in [0.4, 0.5) is 11.4 Å². The molecule has 2 atom stereocenters. The minimum atomic E-state index is -0.727. The first kappa shape index (κ1) is 36.8. The molecule has 52 heavy (non-hydrogen) atoms. The summed E-state index contributed by atoms with van der Waals surface area (Å²) >= 11 is 0. The lowest BCUT2D eigenvalue weighted by Crippen LogP contribution is -2.23. The number of β-amino-alcohol motifs (C(OH)–C–C–N with tert-alkyl or cyclic N) is 1. The van der Waals surface area contributed by atoms with Gasteiger partial charge in [0.1, 0.15) is 11.4 Å². The van der Waals surface area contributed by atoms with Gasteiger partial charge in [-0.1, -0.05) is 48.6 Å². The number of nitrogens with one attached hydrogen (secondary N) is 2. The number of rotatable bonds is 12. The number of nitrogens with zero attached hydrogens (tertiary/aromatic N) is 3. The van der Waals surface area contributed by atoms with E-state index in [4.69, 9.17) is 4.74 Å². The molecule has 10 heteroatoms. The Kier molecular flexibility index (Phi) is 11.4. The number of ether oxygens (including phenoxy) is 1. The number of hydrogen-bond acceptors (Lipinski definition) is 8. The topological polar surface area (TPSA) is 127 Å². The SMILES string of the molecule is CNc1cc(C(=O)Nc2cccc(-c3cccc(/C=C/c4cc(OC)c(CN5CCC(C(=O)O)C5)cc4C)c3C)c2C)ncc1CN1CC[C@@H](O)C1. The Morgan fingerprint density at radius 2 is 1.58 bits per heavy atom. The molecule has 3 heterocycles. The second kappa shape index (κ2) is 16.1. The molecule has 6 rings (SSSR count). The molecule has 0 spiro atoms. The molecule has 4 N–H and O–H groups in total. The number of aryl methyl sites for hydroxylation is 1. The van der Waals surface area contributed by atoms with Crippen LogP contribution in [0.15, 0.2) is 60.8 Å². The summed E-state index contributed by atoms with van der Waals surface area (Å²) in [6.07, 6.45) is 7.13. The van der Waals surface area contributed by atoms with Gasteiger partial charge in [0.15, 0.2) is 0 Å². The maximum Gasteiger partial charge on any atom is 0.307 e. The van der Waals surface area contributed by atoms with Crippen LogP contribution in [-0.4, -0.2) is 83.3 Å². The minimum absolute atomic E-state index is 0.282. The summed E-state index contributed by atoms with van der Waals surface area (Å²) in [6, 6.07) is 18.2. The van der Waals surface area contributed by atoms with Crippen molar-refractivity contribution >= 4 is 35.4 Å². The van der Waals surface area contributed by atoms with E-state index >= 15 is 0 Å². The Morgan fingerprint density at radius 3 is 2.27 bits per heavy atom. The lowest BCUT2D eigenvalue weighted by atomic mass is 9.92. The number of benzene rings is 3. The fourth-order valence-corrected chi connectivity index (χ4v) is 7.39. The number of aliphatic carboxylic acids is 1. The molecule has 10 nitrogen and oxygen atoms in total. The molecule has 1 aromatic heterocycles. The third kappa shape index (κ3) is 8.20. The van der Waals surface area contributed by atoms with Crippen molar-refractivity contribution in [2.75, 3.05) is 51.0 Å². The van der Waals surface area contributed by atoms with Gasteiger partial charge in [0, 0.05) is 68.5 Å². The monoisotopic (exact) mass is 703 g/mol. The predicted octanol–water partition coefficient (Wildman–Crippen LogP) is 6.62. The molecule has 0 radical (unpaired) electrons. The molecular weight excluding hydrogens is 654 g/mol. The van der Waals surface area contributed by atoms with E-state index < -0.39 is 5.97 Å². The Bertz CT molecular complexity index is 1990. The second-order valence-electron chi connectivity index (χ2n) is 14.0. The zero-order chi connectivity index (χ0) is 36.9. The van der Waals surface area contributed by atoms with Crippen molar-refractivity contribution < 1.29 is 24.5 Å². The minimum Gasteiger partial charge on any atom is -0.496 e. The Labute approximate surface area is 306 Å². The number of aliphatic hydroxyl groups excluding tert-OH is 1. The third-order valence-corrected chi connectivity index (χ3v) is 10.5. The van der Waals surface area contributed by atoms with Crippen LogP contribution in [-0.2, 0) is 17.9 Å². The first-order valence-corrected chi connectivity index (χ1v) is 17.9. The van der Waals surface area contributed by atoms with Crippen LogP contribution in [0.3, 0.4) is 0 Å². The Morgan fingerprint density at radius 1 is 0.885 bits per heavy atom. The molecule has 0 saturated carbocycles. The molecule has 2 saturated heterocycles. The van der Waals surface area contributed by atoms with Gasteiger partial charge in [0.2, 0.25) is 0 Å². The van der Waals surface area contributed by atoms with Crippen LogP contribution in [0.2, 0.25) is 0 Å². The zero-order valence-electron chi connectivity index (χ0n) is 30.7. The van der Waals surface area contributed by atoms with Gasteiger partial charge < -0.3 is 25.6 Å². The van der Waals surface area contributed by atoms with E-state index in [1.165, 1.54) is 0 Å². The fourth-order valence-electron chi connectivity index (χ4n) is 7.39. The molecule has 272 valence electrons. The summed E-state index contributed by atoms with van der Waals surface area (Å²) in [6.45, 7) is 10.3. The van der Waals surface area contributed by atoms with E-state index in [1.807, 2.05) is 26.1 Å². The first-order chi connectivity index (χ1) is 25.0. The third-order valence-electron chi connectivity index (χ3n) is 10.5. The molecule has 2 aliphatic heterocycles. The average molecular weight is 704 g/mol. The summed E-state index contributed by atoms with van der Waals surface area (Å²) in [5.41, 5.74) is 11.4. The van der Waals surface area contributed by atoms with Crippen LogP contribution in [0.5, 0.6) is 5.75 Å². The molecule has 1 unspecified atom stereocenters. The van der Waals surface area contributed by atoms with Crippen LogP contribution in [0, 0.1) is 26.7 Å². The average Bonchev–Trinajstić information content (AvgIpc) is 3.78. The number of likely N-dealkylation sites (tertiary alicyclic amines) is 2. The van der Waals surface area contributed by atoms with Gasteiger partial charge >= 0.3 is 5.97 Å². The number of carboxylic acids is 1. The lowest BCUT2D eigenvalue weighted by Gasteiger charge is -2.19. The number of carbonyl (C=O) groups is 2. The molecule has 0 aliphatic carbocycles. The number of anilines is 2. The second-order valence-corrected chi connectivity index (χ2v) is 14.0. The number of hydrogen-bond donors (Lipinski definition) is 4. The Hall–Kier alpha value is -5.03. The van der Waals surface area contributed by atoms with Gasteiger partial charge in [-0.3, -0.25) is 24.4 Å². The number of aliphatic hydroxyl groups is 1. The number of pyridine rings is 1. The molecule has 2 fully saturated rings. The summed E-state index contributed by atoms with van der Waals surface area (Å²) in [7, 11) is 3.51.